The van der Waals surface area contributed by atoms with Crippen molar-refractivity contribution in [1.82, 2.24) is 14.9 Å². The van der Waals surface area contributed by atoms with E-state index in [1.165, 1.54) is 11.3 Å². The van der Waals surface area contributed by atoms with Gasteiger partial charge in [-0.3, -0.25) is 0 Å². The van der Waals surface area contributed by atoms with Gasteiger partial charge >= 0.3 is 0 Å². The molecular formula is C15H15N3O4S2. The Labute approximate surface area is 143 Å². The van der Waals surface area contributed by atoms with E-state index in [1.807, 2.05) is 6.92 Å². The number of nitrogens with one attached hydrogen (secondary N) is 1. The summed E-state index contributed by atoms with van der Waals surface area (Å²) < 4.78 is 37.6. The number of hydrogen-bond donors (Lipinski definition) is 1. The zero-order valence-corrected chi connectivity index (χ0v) is 14.6. The Morgan fingerprint density at radius 1 is 1.17 bits per heavy atom. The van der Waals surface area contributed by atoms with E-state index in [0.29, 0.717) is 5.89 Å². The summed E-state index contributed by atoms with van der Waals surface area (Å²) in [5, 5.41) is 7.80. The second kappa shape index (κ2) is 6.71. The van der Waals surface area contributed by atoms with E-state index in [-0.39, 0.29) is 16.6 Å². The largest absolute Gasteiger partial charge is 0.497 e. The van der Waals surface area contributed by atoms with Gasteiger partial charge in [-0.05, 0) is 43.3 Å². The minimum atomic E-state index is -3.58. The quantitative estimate of drug-likeness (QED) is 0.721. The summed E-state index contributed by atoms with van der Waals surface area (Å²) in [5.41, 5.74) is 0.728. The molecule has 0 saturated carbocycles. The molecule has 3 rings (SSSR count). The van der Waals surface area contributed by atoms with Gasteiger partial charge in [-0.15, -0.1) is 21.5 Å². The molecule has 0 radical (unpaired) electrons. The van der Waals surface area contributed by atoms with Crippen molar-refractivity contribution in [2.24, 2.45) is 0 Å². The number of aryl methyl sites for hydroxylation is 1. The third kappa shape index (κ3) is 3.64. The average molecular weight is 365 g/mol. The van der Waals surface area contributed by atoms with Crippen molar-refractivity contribution in [3.8, 4) is 17.2 Å². The van der Waals surface area contributed by atoms with Crippen molar-refractivity contribution >= 4 is 21.4 Å². The van der Waals surface area contributed by atoms with E-state index < -0.39 is 10.0 Å². The lowest BCUT2D eigenvalue weighted by atomic mass is 10.2. The molecule has 1 aromatic carbocycles. The van der Waals surface area contributed by atoms with Crippen LogP contribution < -0.4 is 9.46 Å². The van der Waals surface area contributed by atoms with Gasteiger partial charge in [0.25, 0.3) is 10.0 Å². The van der Waals surface area contributed by atoms with Crippen LogP contribution in [-0.4, -0.2) is 25.7 Å². The van der Waals surface area contributed by atoms with Gasteiger partial charge in [-0.25, -0.2) is 13.1 Å². The third-order valence-electron chi connectivity index (χ3n) is 3.20. The van der Waals surface area contributed by atoms with Crippen LogP contribution in [0.3, 0.4) is 0 Å². The SMILES string of the molecule is COc1ccc(-c2nnc(CNS(=O)(=O)c3ccc(C)s3)o2)cc1. The lowest BCUT2D eigenvalue weighted by Gasteiger charge is -2.01. The predicted octanol–water partition coefficient (Wildman–Crippen LogP) is 2.59. The first-order chi connectivity index (χ1) is 11.5. The highest BCUT2D eigenvalue weighted by Crippen LogP contribution is 2.22. The van der Waals surface area contributed by atoms with Gasteiger partial charge in [0.2, 0.25) is 11.8 Å². The fourth-order valence-electron chi connectivity index (χ4n) is 1.96. The number of rotatable bonds is 6. The van der Waals surface area contributed by atoms with Gasteiger partial charge < -0.3 is 9.15 Å². The number of hydrogen-bond acceptors (Lipinski definition) is 7. The van der Waals surface area contributed by atoms with Crippen LogP contribution in [0, 0.1) is 6.92 Å². The number of sulfonamides is 1. The molecule has 0 spiro atoms. The molecule has 3 aromatic rings. The van der Waals surface area contributed by atoms with Crippen LogP contribution in [-0.2, 0) is 16.6 Å². The summed E-state index contributed by atoms with van der Waals surface area (Å²) in [6, 6.07) is 10.5. The van der Waals surface area contributed by atoms with Crippen LogP contribution in [0.4, 0.5) is 0 Å². The maximum Gasteiger partial charge on any atom is 0.250 e. The second-order valence-electron chi connectivity index (χ2n) is 4.92. The number of aromatic nitrogens is 2. The Balaban J connectivity index is 1.69. The molecule has 126 valence electrons. The molecule has 0 bridgehead atoms. The Morgan fingerprint density at radius 3 is 2.54 bits per heavy atom. The van der Waals surface area contributed by atoms with Gasteiger partial charge in [0.1, 0.15) is 9.96 Å². The van der Waals surface area contributed by atoms with E-state index in [0.717, 1.165) is 16.2 Å². The van der Waals surface area contributed by atoms with Crippen molar-refractivity contribution in [2.45, 2.75) is 17.7 Å². The highest BCUT2D eigenvalue weighted by Gasteiger charge is 2.17. The van der Waals surface area contributed by atoms with Crippen LogP contribution in [0.25, 0.3) is 11.5 Å². The predicted molar refractivity (Wildman–Crippen MR) is 89.4 cm³/mol. The number of nitrogens with zero attached hydrogens (tertiary/aromatic N) is 2. The van der Waals surface area contributed by atoms with Gasteiger partial charge in [-0.2, -0.15) is 0 Å². The monoisotopic (exact) mass is 365 g/mol. The Kier molecular flexibility index (Phi) is 4.65. The fourth-order valence-corrected chi connectivity index (χ4v) is 4.26. The number of ether oxygens (including phenoxy) is 1. The van der Waals surface area contributed by atoms with Crippen molar-refractivity contribution < 1.29 is 17.6 Å². The van der Waals surface area contributed by atoms with E-state index in [9.17, 15) is 8.42 Å². The van der Waals surface area contributed by atoms with Gasteiger partial charge in [0.05, 0.1) is 13.7 Å². The first-order valence-corrected chi connectivity index (χ1v) is 9.31. The normalized spacial score (nSPS) is 11.6. The summed E-state index contributed by atoms with van der Waals surface area (Å²) in [7, 11) is -1.99. The van der Waals surface area contributed by atoms with Crippen molar-refractivity contribution in [3.05, 3.63) is 47.2 Å². The topological polar surface area (TPSA) is 94.3 Å². The van der Waals surface area contributed by atoms with Gasteiger partial charge in [0.15, 0.2) is 0 Å². The smallest absolute Gasteiger partial charge is 0.250 e. The molecule has 2 heterocycles. The van der Waals surface area contributed by atoms with E-state index >= 15 is 0 Å². The van der Waals surface area contributed by atoms with Crippen molar-refractivity contribution in [2.75, 3.05) is 7.11 Å². The zero-order valence-electron chi connectivity index (χ0n) is 13.0. The van der Waals surface area contributed by atoms with Crippen LogP contribution in [0.5, 0.6) is 5.75 Å². The number of thiophene rings is 1. The number of methoxy groups -OCH3 is 1. The van der Waals surface area contributed by atoms with E-state index in [2.05, 4.69) is 14.9 Å². The Bertz CT molecular complexity index is 930. The lowest BCUT2D eigenvalue weighted by Crippen LogP contribution is -2.22. The Hall–Kier alpha value is -2.23. The minimum absolute atomic E-state index is 0.0670. The van der Waals surface area contributed by atoms with Crippen molar-refractivity contribution in [3.63, 3.8) is 0 Å². The maximum absolute atomic E-state index is 12.2. The molecule has 2 aromatic heterocycles. The molecule has 0 saturated heterocycles. The molecule has 1 N–H and O–H groups in total. The first-order valence-electron chi connectivity index (χ1n) is 7.01. The van der Waals surface area contributed by atoms with Crippen LogP contribution in [0.2, 0.25) is 0 Å². The Morgan fingerprint density at radius 2 is 1.92 bits per heavy atom. The van der Waals surface area contributed by atoms with Crippen molar-refractivity contribution in [1.29, 1.82) is 0 Å². The summed E-state index contributed by atoms with van der Waals surface area (Å²) in [6.07, 6.45) is 0. The average Bonchev–Trinajstić information content (AvgIpc) is 3.22. The molecule has 0 aliphatic heterocycles. The highest BCUT2D eigenvalue weighted by atomic mass is 32.2. The fraction of sp³-hybridized carbons (Fsp3) is 0.200. The summed E-state index contributed by atoms with van der Waals surface area (Å²) in [5.74, 6) is 1.23. The molecule has 0 aliphatic rings. The highest BCUT2D eigenvalue weighted by molar-refractivity contribution is 7.91. The molecule has 9 heteroatoms. The van der Waals surface area contributed by atoms with Gasteiger partial charge in [0, 0.05) is 10.4 Å². The molecule has 24 heavy (non-hydrogen) atoms. The molecule has 0 fully saturated rings. The molecule has 0 amide bonds. The number of benzene rings is 1. The standard InChI is InChI=1S/C15H15N3O4S2/c1-10-3-8-14(23-10)24(19,20)16-9-13-17-18-15(22-13)11-4-6-12(21-2)7-5-11/h3-8,16H,9H2,1-2H3. The first kappa shape index (κ1) is 16.6. The third-order valence-corrected chi connectivity index (χ3v) is 6.09. The van der Waals surface area contributed by atoms with E-state index in [4.69, 9.17) is 9.15 Å². The lowest BCUT2D eigenvalue weighted by molar-refractivity contribution is 0.415. The van der Waals surface area contributed by atoms with Crippen LogP contribution in [0.15, 0.2) is 45.0 Å². The van der Waals surface area contributed by atoms with E-state index in [1.54, 1.807) is 43.5 Å². The zero-order chi connectivity index (χ0) is 17.2. The van der Waals surface area contributed by atoms with Crippen LogP contribution in [0.1, 0.15) is 10.8 Å². The van der Waals surface area contributed by atoms with Crippen LogP contribution >= 0.6 is 11.3 Å². The molecular weight excluding hydrogens is 350 g/mol. The summed E-state index contributed by atoms with van der Waals surface area (Å²) in [6.45, 7) is 1.78. The molecule has 7 nitrogen and oxygen atoms in total. The maximum atomic E-state index is 12.2. The van der Waals surface area contributed by atoms with Gasteiger partial charge in [-0.1, -0.05) is 0 Å². The summed E-state index contributed by atoms with van der Waals surface area (Å²) in [4.78, 5) is 0.926. The molecule has 0 unspecified atom stereocenters. The second-order valence-corrected chi connectivity index (χ2v) is 8.20. The molecule has 0 atom stereocenters. The minimum Gasteiger partial charge on any atom is -0.497 e. The summed E-state index contributed by atoms with van der Waals surface area (Å²) >= 11 is 1.21. The molecule has 0 aliphatic carbocycles.